The van der Waals surface area contributed by atoms with Gasteiger partial charge in [0.25, 0.3) is 0 Å². The molecule has 1 atom stereocenters. The van der Waals surface area contributed by atoms with Crippen molar-refractivity contribution in [2.24, 2.45) is 5.92 Å². The summed E-state index contributed by atoms with van der Waals surface area (Å²) in [6.07, 6.45) is 3.59. The highest BCUT2D eigenvalue weighted by molar-refractivity contribution is 9.09. The van der Waals surface area contributed by atoms with Gasteiger partial charge in [-0.05, 0) is 37.3 Å². The molecule has 1 aromatic rings. The van der Waals surface area contributed by atoms with Crippen LogP contribution in [0.5, 0.6) is 0 Å². The van der Waals surface area contributed by atoms with E-state index in [1.54, 1.807) is 11.8 Å². The quantitative estimate of drug-likeness (QED) is 0.599. The van der Waals surface area contributed by atoms with Gasteiger partial charge in [-0.15, -0.1) is 11.8 Å². The molecule has 0 aliphatic carbocycles. The van der Waals surface area contributed by atoms with Crippen LogP contribution in [0.25, 0.3) is 0 Å². The molecule has 104 valence electrons. The van der Waals surface area contributed by atoms with Gasteiger partial charge in [0.15, 0.2) is 0 Å². The summed E-state index contributed by atoms with van der Waals surface area (Å²) in [6.45, 7) is 1.88. The minimum absolute atomic E-state index is 0.285. The maximum atomic E-state index is 12.2. The standard InChI is InChI=1S/C15H20BrNOS/c16-9-8-13-5-4-10-17(11-13)15(18)12-19-14-6-2-1-3-7-14/h1-3,6-7,13H,4-5,8-12H2. The third-order valence-electron chi connectivity index (χ3n) is 3.49. The Labute approximate surface area is 128 Å². The van der Waals surface area contributed by atoms with Crippen LogP contribution in [-0.2, 0) is 4.79 Å². The van der Waals surface area contributed by atoms with Crippen molar-refractivity contribution in [3.05, 3.63) is 30.3 Å². The molecule has 1 aromatic carbocycles. The van der Waals surface area contributed by atoms with Gasteiger partial charge in [-0.25, -0.2) is 0 Å². The van der Waals surface area contributed by atoms with Crippen LogP contribution >= 0.6 is 27.7 Å². The number of piperidine rings is 1. The maximum absolute atomic E-state index is 12.2. The van der Waals surface area contributed by atoms with Crippen LogP contribution in [0.4, 0.5) is 0 Å². The molecule has 1 unspecified atom stereocenters. The zero-order chi connectivity index (χ0) is 13.5. The van der Waals surface area contributed by atoms with Crippen LogP contribution in [-0.4, -0.2) is 35.0 Å². The van der Waals surface area contributed by atoms with E-state index in [2.05, 4.69) is 28.1 Å². The molecule has 0 aromatic heterocycles. The van der Waals surface area contributed by atoms with Crippen LogP contribution in [0.15, 0.2) is 35.2 Å². The van der Waals surface area contributed by atoms with Crippen molar-refractivity contribution < 1.29 is 4.79 Å². The van der Waals surface area contributed by atoms with Gasteiger partial charge in [0, 0.05) is 23.3 Å². The lowest BCUT2D eigenvalue weighted by molar-refractivity contribution is -0.130. The topological polar surface area (TPSA) is 20.3 Å². The Morgan fingerprint density at radius 1 is 1.37 bits per heavy atom. The number of hydrogen-bond donors (Lipinski definition) is 0. The van der Waals surface area contributed by atoms with E-state index in [1.807, 2.05) is 23.1 Å². The molecule has 0 radical (unpaired) electrons. The van der Waals surface area contributed by atoms with E-state index in [0.717, 1.165) is 24.8 Å². The lowest BCUT2D eigenvalue weighted by Gasteiger charge is -2.32. The van der Waals surface area contributed by atoms with Crippen LogP contribution in [0.3, 0.4) is 0 Å². The van der Waals surface area contributed by atoms with E-state index >= 15 is 0 Å². The van der Waals surface area contributed by atoms with Gasteiger partial charge < -0.3 is 4.90 Å². The molecule has 2 rings (SSSR count). The molecular formula is C15H20BrNOS. The molecule has 0 bridgehead atoms. The predicted octanol–water partition coefficient (Wildman–Crippen LogP) is 3.80. The van der Waals surface area contributed by atoms with Crippen molar-refractivity contribution in [3.8, 4) is 0 Å². The molecule has 19 heavy (non-hydrogen) atoms. The van der Waals surface area contributed by atoms with Gasteiger partial charge in [-0.1, -0.05) is 34.1 Å². The van der Waals surface area contributed by atoms with Gasteiger partial charge in [0.2, 0.25) is 5.91 Å². The molecule has 1 aliphatic rings. The van der Waals surface area contributed by atoms with E-state index in [-0.39, 0.29) is 5.91 Å². The van der Waals surface area contributed by atoms with Gasteiger partial charge in [0.1, 0.15) is 0 Å². The van der Waals surface area contributed by atoms with Crippen LogP contribution < -0.4 is 0 Å². The summed E-state index contributed by atoms with van der Waals surface area (Å²) in [6, 6.07) is 10.1. The SMILES string of the molecule is O=C(CSc1ccccc1)N1CCCC(CCBr)C1. The number of carbonyl (C=O) groups excluding carboxylic acids is 1. The van der Waals surface area contributed by atoms with Crippen LogP contribution in [0.1, 0.15) is 19.3 Å². The Bertz CT molecular complexity index is 396. The second-order valence-electron chi connectivity index (χ2n) is 4.93. The number of amides is 1. The minimum atomic E-state index is 0.285. The van der Waals surface area contributed by atoms with Crippen LogP contribution in [0.2, 0.25) is 0 Å². The number of nitrogens with zero attached hydrogens (tertiary/aromatic N) is 1. The molecular weight excluding hydrogens is 322 g/mol. The van der Waals surface area contributed by atoms with Gasteiger partial charge >= 0.3 is 0 Å². The van der Waals surface area contributed by atoms with Crippen molar-refractivity contribution in [2.75, 3.05) is 24.2 Å². The molecule has 0 spiro atoms. The number of benzene rings is 1. The summed E-state index contributed by atoms with van der Waals surface area (Å²) in [5.41, 5.74) is 0. The first kappa shape index (κ1) is 14.9. The van der Waals surface area contributed by atoms with Crippen molar-refractivity contribution >= 4 is 33.6 Å². The molecule has 1 amide bonds. The summed E-state index contributed by atoms with van der Waals surface area (Å²) < 4.78 is 0. The van der Waals surface area contributed by atoms with Crippen molar-refractivity contribution in [1.29, 1.82) is 0 Å². The van der Waals surface area contributed by atoms with E-state index < -0.39 is 0 Å². The van der Waals surface area contributed by atoms with Crippen molar-refractivity contribution in [1.82, 2.24) is 4.90 Å². The lowest BCUT2D eigenvalue weighted by atomic mass is 9.96. The maximum Gasteiger partial charge on any atom is 0.232 e. The predicted molar refractivity (Wildman–Crippen MR) is 84.9 cm³/mol. The van der Waals surface area contributed by atoms with E-state index in [1.165, 1.54) is 17.7 Å². The van der Waals surface area contributed by atoms with E-state index in [0.29, 0.717) is 11.7 Å². The highest BCUT2D eigenvalue weighted by Crippen LogP contribution is 2.22. The first-order chi connectivity index (χ1) is 9.29. The fraction of sp³-hybridized carbons (Fsp3) is 0.533. The fourth-order valence-corrected chi connectivity index (χ4v) is 3.90. The summed E-state index contributed by atoms with van der Waals surface area (Å²) in [5, 5.41) is 1.04. The summed E-state index contributed by atoms with van der Waals surface area (Å²) in [7, 11) is 0. The molecule has 0 saturated carbocycles. The summed E-state index contributed by atoms with van der Waals surface area (Å²) in [4.78, 5) is 15.4. The van der Waals surface area contributed by atoms with Gasteiger partial charge in [-0.3, -0.25) is 4.79 Å². The third kappa shape index (κ3) is 4.84. The normalized spacial score (nSPS) is 19.4. The number of halogens is 1. The Hall–Kier alpha value is -0.480. The van der Waals surface area contributed by atoms with Gasteiger partial charge in [0.05, 0.1) is 5.75 Å². The van der Waals surface area contributed by atoms with Crippen LogP contribution in [0, 0.1) is 5.92 Å². The molecule has 1 heterocycles. The number of likely N-dealkylation sites (tertiary alicyclic amines) is 1. The zero-order valence-electron chi connectivity index (χ0n) is 11.1. The fourth-order valence-electron chi connectivity index (χ4n) is 2.43. The summed E-state index contributed by atoms with van der Waals surface area (Å²) in [5.74, 6) is 1.53. The monoisotopic (exact) mass is 341 g/mol. The molecule has 1 fully saturated rings. The van der Waals surface area contributed by atoms with E-state index in [4.69, 9.17) is 0 Å². The average Bonchev–Trinajstić information content (AvgIpc) is 2.46. The number of carbonyl (C=O) groups is 1. The highest BCUT2D eigenvalue weighted by atomic mass is 79.9. The van der Waals surface area contributed by atoms with E-state index in [9.17, 15) is 4.79 Å². The highest BCUT2D eigenvalue weighted by Gasteiger charge is 2.22. The Kier molecular flexibility index (Phi) is 6.24. The smallest absolute Gasteiger partial charge is 0.232 e. The summed E-state index contributed by atoms with van der Waals surface area (Å²) >= 11 is 5.13. The average molecular weight is 342 g/mol. The molecule has 1 aliphatic heterocycles. The lowest BCUT2D eigenvalue weighted by Crippen LogP contribution is -2.40. The van der Waals surface area contributed by atoms with Crippen molar-refractivity contribution in [3.63, 3.8) is 0 Å². The second-order valence-corrected chi connectivity index (χ2v) is 6.77. The Morgan fingerprint density at radius 3 is 2.89 bits per heavy atom. The number of thioether (sulfide) groups is 1. The number of rotatable bonds is 5. The Morgan fingerprint density at radius 2 is 2.16 bits per heavy atom. The molecule has 0 N–H and O–H groups in total. The second kappa shape index (κ2) is 7.95. The van der Waals surface area contributed by atoms with Crippen molar-refractivity contribution in [2.45, 2.75) is 24.2 Å². The Balaban J connectivity index is 1.79. The number of hydrogen-bond acceptors (Lipinski definition) is 2. The largest absolute Gasteiger partial charge is 0.342 e. The third-order valence-corrected chi connectivity index (χ3v) is 4.95. The number of alkyl halides is 1. The molecule has 4 heteroatoms. The minimum Gasteiger partial charge on any atom is -0.342 e. The molecule has 2 nitrogen and oxygen atoms in total. The first-order valence-electron chi connectivity index (χ1n) is 6.81. The molecule has 1 saturated heterocycles. The van der Waals surface area contributed by atoms with Gasteiger partial charge in [-0.2, -0.15) is 0 Å². The zero-order valence-corrected chi connectivity index (χ0v) is 13.5. The first-order valence-corrected chi connectivity index (χ1v) is 8.92.